The van der Waals surface area contributed by atoms with Gasteiger partial charge < -0.3 is 28.4 Å². The number of thiophene rings is 2. The lowest BCUT2D eigenvalue weighted by molar-refractivity contribution is -0.138. The van der Waals surface area contributed by atoms with Crippen LogP contribution in [0.5, 0.6) is 23.0 Å². The van der Waals surface area contributed by atoms with E-state index in [1.165, 1.54) is 36.4 Å². The van der Waals surface area contributed by atoms with E-state index < -0.39 is 0 Å². The molecule has 0 radical (unpaired) electrons. The van der Waals surface area contributed by atoms with Crippen molar-refractivity contribution >= 4 is 54.8 Å². The van der Waals surface area contributed by atoms with Gasteiger partial charge in [0.1, 0.15) is 47.8 Å². The molecule has 0 spiro atoms. The number of hydrogen-bond donors (Lipinski definition) is 0. The van der Waals surface area contributed by atoms with E-state index in [1.807, 2.05) is 24.3 Å². The van der Waals surface area contributed by atoms with Gasteiger partial charge in [0.15, 0.2) is 0 Å². The van der Waals surface area contributed by atoms with E-state index in [9.17, 15) is 18.4 Å². The van der Waals surface area contributed by atoms with Crippen LogP contribution in [-0.2, 0) is 32.3 Å². The first-order chi connectivity index (χ1) is 40.2. The van der Waals surface area contributed by atoms with Crippen LogP contribution in [0.15, 0.2) is 183 Å². The summed E-state index contributed by atoms with van der Waals surface area (Å²) in [5.41, 5.74) is 8.08. The highest BCUT2D eigenvalue weighted by Gasteiger charge is 2.24. The zero-order chi connectivity index (χ0) is 56.9. The van der Waals surface area contributed by atoms with Gasteiger partial charge in [0, 0.05) is 32.7 Å². The lowest BCUT2D eigenvalue weighted by atomic mass is 10.0. The molecule has 0 aliphatic heterocycles. The fourth-order valence-corrected chi connectivity index (χ4v) is 11.9. The van der Waals surface area contributed by atoms with Crippen LogP contribution in [0, 0.1) is 11.6 Å². The Balaban J connectivity index is 0.859. The molecule has 0 fully saturated rings. The second-order valence-electron chi connectivity index (χ2n) is 20.1. The maximum absolute atomic E-state index is 14.2. The maximum Gasteiger partial charge on any atom is 0.330 e. The van der Waals surface area contributed by atoms with E-state index in [4.69, 9.17) is 28.4 Å². The van der Waals surface area contributed by atoms with E-state index in [0.29, 0.717) is 39.6 Å². The first-order valence-electron chi connectivity index (χ1n) is 28.2. The lowest BCUT2D eigenvalue weighted by Gasteiger charge is -2.14. The van der Waals surface area contributed by atoms with Gasteiger partial charge in [0.25, 0.3) is 0 Å². The molecule has 12 heteroatoms. The van der Waals surface area contributed by atoms with Gasteiger partial charge in [-0.3, -0.25) is 0 Å². The van der Waals surface area contributed by atoms with Crippen molar-refractivity contribution in [2.75, 3.05) is 26.4 Å². The molecule has 0 saturated heterocycles. The van der Waals surface area contributed by atoms with E-state index in [0.717, 1.165) is 174 Å². The molecule has 0 atom stereocenters. The molecule has 422 valence electrons. The summed E-state index contributed by atoms with van der Waals surface area (Å²) in [5.74, 6) is 1.79. The minimum absolute atomic E-state index is 0.303. The Bertz CT molecular complexity index is 3210. The van der Waals surface area contributed by atoms with Crippen LogP contribution in [-0.4, -0.2) is 38.4 Å². The van der Waals surface area contributed by atoms with E-state index >= 15 is 0 Å². The number of benzene rings is 7. The molecule has 9 rings (SSSR count). The minimum atomic E-state index is -0.366. The number of esters is 2. The number of ether oxygens (including phenoxy) is 6. The third kappa shape index (κ3) is 16.5. The molecule has 0 unspecified atom stereocenters. The summed E-state index contributed by atoms with van der Waals surface area (Å²) in [6.07, 6.45) is 14.7. The molecule has 0 saturated carbocycles. The van der Waals surface area contributed by atoms with Crippen molar-refractivity contribution in [2.45, 2.75) is 90.3 Å². The molecule has 0 amide bonds. The average Bonchev–Trinajstić information content (AvgIpc) is 4.34. The highest BCUT2D eigenvalue weighted by Crippen LogP contribution is 2.53. The molecule has 82 heavy (non-hydrogen) atoms. The van der Waals surface area contributed by atoms with Gasteiger partial charge in [-0.05, 0) is 131 Å². The highest BCUT2D eigenvalue weighted by molar-refractivity contribution is 7.24. The quantitative estimate of drug-likeness (QED) is 0.0234. The number of unbranched alkanes of at least 4 members (excludes halogenated alkanes) is 10. The van der Waals surface area contributed by atoms with Gasteiger partial charge in [-0.25, -0.2) is 18.4 Å². The number of fused-ring (bicyclic) bond motifs is 2. The van der Waals surface area contributed by atoms with Crippen LogP contribution < -0.4 is 18.9 Å². The van der Waals surface area contributed by atoms with Crippen LogP contribution >= 0.6 is 22.7 Å². The molecule has 0 aliphatic rings. The van der Waals surface area contributed by atoms with Crippen molar-refractivity contribution in [1.29, 1.82) is 0 Å². The number of halogens is 2. The topological polar surface area (TPSA) is 89.5 Å². The second-order valence-corrected chi connectivity index (χ2v) is 22.2. The average molecular weight is 1140 g/mol. The molecule has 2 heterocycles. The number of rotatable bonds is 32. The third-order valence-corrected chi connectivity index (χ3v) is 16.5. The Morgan fingerprint density at radius 2 is 0.683 bits per heavy atom. The standard InChI is InChI=1S/C70H68F2O8S2/c1-3-65(73)77-43-15-11-7-5-9-13-41-75-59-37-29-53(30-38-59)51-21-17-49(18-22-51)47-79-67-61-45-63(55-25-33-57(71)34-26-55)82-70(61)68(62-46-64(81-69(62)67)56-27-35-58(72)36-28-56)80-48-50-19-23-52(24-20-50)54-31-39-60(40-32-54)76-42-14-10-6-8-12-16-44-78-66(74)4-2/h3-4,17-40,45-46H,1-2,5-16,41-44,47-48H2. The summed E-state index contributed by atoms with van der Waals surface area (Å²) in [4.78, 5) is 24.2. The third-order valence-electron chi connectivity index (χ3n) is 14.1. The van der Waals surface area contributed by atoms with Crippen LogP contribution in [0.3, 0.4) is 0 Å². The Morgan fingerprint density at radius 3 is 1.02 bits per heavy atom. The van der Waals surface area contributed by atoms with Crippen molar-refractivity contribution in [3.63, 3.8) is 0 Å². The molecule has 0 bridgehead atoms. The molecular weight excluding hydrogens is 1070 g/mol. The predicted molar refractivity (Wildman–Crippen MR) is 329 cm³/mol. The molecule has 8 nitrogen and oxygen atoms in total. The Morgan fingerprint density at radius 1 is 0.378 bits per heavy atom. The Kier molecular flexibility index (Phi) is 21.5. The van der Waals surface area contributed by atoms with E-state index in [2.05, 4.69) is 98.1 Å². The van der Waals surface area contributed by atoms with Gasteiger partial charge in [-0.1, -0.05) is 162 Å². The Hall–Kier alpha value is -8.06. The van der Waals surface area contributed by atoms with E-state index in [1.54, 1.807) is 46.9 Å². The summed E-state index contributed by atoms with van der Waals surface area (Å²) in [7, 11) is 0. The van der Waals surface area contributed by atoms with E-state index in [-0.39, 0.29) is 23.6 Å². The number of hydrogen-bond acceptors (Lipinski definition) is 10. The first-order valence-corrected chi connectivity index (χ1v) is 29.9. The van der Waals surface area contributed by atoms with Crippen LogP contribution in [0.25, 0.3) is 63.3 Å². The van der Waals surface area contributed by atoms with Crippen LogP contribution in [0.2, 0.25) is 0 Å². The summed E-state index contributed by atoms with van der Waals surface area (Å²) >= 11 is 3.16. The van der Waals surface area contributed by atoms with Gasteiger partial charge in [0.2, 0.25) is 0 Å². The monoisotopic (exact) mass is 1140 g/mol. The maximum atomic E-state index is 14.2. The zero-order valence-electron chi connectivity index (χ0n) is 46.1. The van der Waals surface area contributed by atoms with Gasteiger partial charge in [-0.2, -0.15) is 0 Å². The SMILES string of the molecule is C=CC(=O)OCCCCCCCCOc1ccc(-c2ccc(COc3c4cc(-c5ccc(F)cc5)sc4c(OCc4ccc(-c5ccc(OCCCCCCCCOC(=O)C=C)cc5)cc4)c4cc(-c5ccc(F)cc5)sc34)cc2)cc1. The molecule has 2 aromatic heterocycles. The molecule has 0 aliphatic carbocycles. The minimum Gasteiger partial charge on any atom is -0.494 e. The van der Waals surface area contributed by atoms with Crippen LogP contribution in [0.1, 0.15) is 88.2 Å². The van der Waals surface area contributed by atoms with Crippen molar-refractivity contribution in [3.05, 3.63) is 206 Å². The van der Waals surface area contributed by atoms with Crippen molar-refractivity contribution in [3.8, 4) is 66.1 Å². The number of carbonyl (C=O) groups excluding carboxylic acids is 2. The molecule has 7 aromatic carbocycles. The largest absolute Gasteiger partial charge is 0.494 e. The smallest absolute Gasteiger partial charge is 0.330 e. The highest BCUT2D eigenvalue weighted by atomic mass is 32.1. The zero-order valence-corrected chi connectivity index (χ0v) is 47.8. The van der Waals surface area contributed by atoms with Crippen LogP contribution in [0.4, 0.5) is 8.78 Å². The summed E-state index contributed by atoms with van der Waals surface area (Å²) in [5, 5.41) is 1.78. The fraction of sp³-hybridized carbons (Fsp3) is 0.257. The lowest BCUT2D eigenvalue weighted by Crippen LogP contribution is -2.01. The second kappa shape index (κ2) is 30.1. The molecular formula is C70H68F2O8S2. The normalized spacial score (nSPS) is 11.1. The fourth-order valence-electron chi connectivity index (χ4n) is 9.55. The number of carbonyl (C=O) groups is 2. The predicted octanol–water partition coefficient (Wildman–Crippen LogP) is 19.1. The summed E-state index contributed by atoms with van der Waals surface area (Å²) in [6, 6.07) is 50.5. The molecule has 0 N–H and O–H groups in total. The van der Waals surface area contributed by atoms with Crippen molar-refractivity contribution in [1.82, 2.24) is 0 Å². The van der Waals surface area contributed by atoms with Gasteiger partial charge in [0.05, 0.1) is 35.8 Å². The molecule has 9 aromatic rings. The first kappa shape index (κ1) is 58.6. The van der Waals surface area contributed by atoms with Gasteiger partial charge in [-0.15, -0.1) is 22.7 Å². The Labute approximate surface area is 487 Å². The van der Waals surface area contributed by atoms with Crippen molar-refractivity contribution in [2.24, 2.45) is 0 Å². The summed E-state index contributed by atoms with van der Waals surface area (Å²) < 4.78 is 66.4. The summed E-state index contributed by atoms with van der Waals surface area (Å²) in [6.45, 7) is 9.65. The van der Waals surface area contributed by atoms with Gasteiger partial charge >= 0.3 is 11.9 Å². The van der Waals surface area contributed by atoms with Crippen molar-refractivity contribution < 1.29 is 46.8 Å².